The minimum atomic E-state index is 0. The maximum atomic E-state index is 5.44. The van der Waals surface area contributed by atoms with Gasteiger partial charge < -0.3 is 9.30 Å². The van der Waals surface area contributed by atoms with Gasteiger partial charge in [0.2, 0.25) is 0 Å². The fourth-order valence-corrected chi connectivity index (χ4v) is 2.35. The van der Waals surface area contributed by atoms with Crippen molar-refractivity contribution in [2.75, 3.05) is 6.61 Å². The monoisotopic (exact) mass is 424 g/mol. The van der Waals surface area contributed by atoms with E-state index in [0.29, 0.717) is 6.10 Å². The zero-order valence-corrected chi connectivity index (χ0v) is 14.5. The summed E-state index contributed by atoms with van der Waals surface area (Å²) in [5.41, 5.74) is 1.22. The van der Waals surface area contributed by atoms with Crippen molar-refractivity contribution in [2.45, 2.75) is 32.9 Å². The molecule has 3 rings (SSSR count). The molecule has 100 valence electrons. The van der Waals surface area contributed by atoms with Crippen LogP contribution in [0.4, 0.5) is 0 Å². The van der Waals surface area contributed by atoms with Crippen LogP contribution in [0.2, 0.25) is 0 Å². The van der Waals surface area contributed by atoms with E-state index in [4.69, 9.17) is 4.74 Å². The van der Waals surface area contributed by atoms with Crippen molar-refractivity contribution >= 4 is 50.8 Å². The normalized spacial score (nSPS) is 17.4. The van der Waals surface area contributed by atoms with Crippen LogP contribution >= 0.6 is 39.9 Å². The Morgan fingerprint density at radius 2 is 2.17 bits per heavy atom. The molecular weight excluding hydrogens is 407 g/mol. The lowest BCUT2D eigenvalue weighted by molar-refractivity contribution is -0.0586. The first-order chi connectivity index (χ1) is 8.34. The fraction of sp³-hybridized carbons (Fsp3) is 0.462. The summed E-state index contributed by atoms with van der Waals surface area (Å²) in [7, 11) is 0. The average Bonchev–Trinajstić information content (AvgIpc) is 2.71. The molecule has 1 unspecified atom stereocenters. The molecule has 5 heteroatoms. The molecule has 3 heterocycles. The van der Waals surface area contributed by atoms with E-state index in [1.165, 1.54) is 11.9 Å². The molecule has 0 amide bonds. The molecule has 0 saturated carbocycles. The third-order valence-corrected chi connectivity index (χ3v) is 3.47. The molecule has 18 heavy (non-hydrogen) atoms. The zero-order valence-electron chi connectivity index (χ0n) is 10.6. The quantitative estimate of drug-likeness (QED) is 0.532. The molecule has 1 saturated heterocycles. The van der Waals surface area contributed by atoms with E-state index < -0.39 is 0 Å². The summed E-state index contributed by atoms with van der Waals surface area (Å²) in [6.45, 7) is 5.86. The SMILES string of the molecule is Brc1nccc2c1ccn2CC1CCO1.CC.I. The first-order valence-electron chi connectivity index (χ1n) is 6.05. The van der Waals surface area contributed by atoms with Gasteiger partial charge in [0.15, 0.2) is 0 Å². The highest BCUT2D eigenvalue weighted by atomic mass is 127. The van der Waals surface area contributed by atoms with Gasteiger partial charge in [-0.05, 0) is 34.5 Å². The predicted octanol–water partition coefficient (Wildman–Crippen LogP) is 4.23. The van der Waals surface area contributed by atoms with Gasteiger partial charge in [-0.3, -0.25) is 0 Å². The minimum absolute atomic E-state index is 0. The number of ether oxygens (including phenoxy) is 1. The molecule has 3 nitrogen and oxygen atoms in total. The van der Waals surface area contributed by atoms with Gasteiger partial charge in [-0.25, -0.2) is 4.98 Å². The Bertz CT molecular complexity index is 497. The molecular formula is C13H18BrIN2O. The molecule has 1 aliphatic heterocycles. The molecule has 0 radical (unpaired) electrons. The zero-order chi connectivity index (χ0) is 12.3. The molecule has 1 fully saturated rings. The number of hydrogen-bond donors (Lipinski definition) is 0. The van der Waals surface area contributed by atoms with E-state index in [0.717, 1.165) is 23.1 Å². The Morgan fingerprint density at radius 1 is 1.44 bits per heavy atom. The standard InChI is InChI=1S/C11H11BrN2O.C2H6.HI/c12-11-9-2-5-14(7-8-3-6-15-8)10(9)1-4-13-11;1-2;/h1-2,4-5,8H,3,6-7H2;1-2H3;1H. The van der Waals surface area contributed by atoms with Crippen LogP contribution in [0.25, 0.3) is 10.9 Å². The smallest absolute Gasteiger partial charge is 0.115 e. The van der Waals surface area contributed by atoms with E-state index in [9.17, 15) is 0 Å². The van der Waals surface area contributed by atoms with Crippen LogP contribution in [0.3, 0.4) is 0 Å². The van der Waals surface area contributed by atoms with Crippen molar-refractivity contribution in [2.24, 2.45) is 0 Å². The van der Waals surface area contributed by atoms with Gasteiger partial charge in [-0.2, -0.15) is 0 Å². The summed E-state index contributed by atoms with van der Waals surface area (Å²) in [5.74, 6) is 0. The van der Waals surface area contributed by atoms with E-state index in [-0.39, 0.29) is 24.0 Å². The predicted molar refractivity (Wildman–Crippen MR) is 88.6 cm³/mol. The fourth-order valence-electron chi connectivity index (χ4n) is 1.89. The average molecular weight is 425 g/mol. The molecule has 1 atom stereocenters. The Hall–Kier alpha value is -0.140. The lowest BCUT2D eigenvalue weighted by Crippen LogP contribution is -2.30. The third kappa shape index (κ3) is 3.24. The van der Waals surface area contributed by atoms with Crippen LogP contribution in [0, 0.1) is 0 Å². The summed E-state index contributed by atoms with van der Waals surface area (Å²) >= 11 is 3.45. The van der Waals surface area contributed by atoms with Gasteiger partial charge in [-0.1, -0.05) is 13.8 Å². The van der Waals surface area contributed by atoms with Gasteiger partial charge in [0.05, 0.1) is 11.6 Å². The largest absolute Gasteiger partial charge is 0.376 e. The molecule has 0 bridgehead atoms. The van der Waals surface area contributed by atoms with Crippen LogP contribution < -0.4 is 0 Å². The van der Waals surface area contributed by atoms with Gasteiger partial charge in [0, 0.05) is 30.9 Å². The Kier molecular flexibility index (Phi) is 6.59. The van der Waals surface area contributed by atoms with Gasteiger partial charge in [0.25, 0.3) is 0 Å². The number of pyridine rings is 1. The summed E-state index contributed by atoms with van der Waals surface area (Å²) in [4.78, 5) is 4.21. The maximum Gasteiger partial charge on any atom is 0.115 e. The number of hydrogen-bond acceptors (Lipinski definition) is 2. The number of halogens is 2. The topological polar surface area (TPSA) is 27.1 Å². The number of aromatic nitrogens is 2. The summed E-state index contributed by atoms with van der Waals surface area (Å²) in [6.07, 6.45) is 5.49. The third-order valence-electron chi connectivity index (χ3n) is 2.84. The van der Waals surface area contributed by atoms with Gasteiger partial charge in [-0.15, -0.1) is 24.0 Å². The molecule has 0 N–H and O–H groups in total. The summed E-state index contributed by atoms with van der Waals surface area (Å²) in [5, 5.41) is 1.16. The molecule has 2 aromatic heterocycles. The van der Waals surface area contributed by atoms with Crippen LogP contribution in [0.15, 0.2) is 29.1 Å². The van der Waals surface area contributed by atoms with Crippen molar-refractivity contribution < 1.29 is 4.74 Å². The second-order valence-electron chi connectivity index (χ2n) is 3.78. The summed E-state index contributed by atoms with van der Waals surface area (Å²) in [6, 6.07) is 4.13. The Balaban J connectivity index is 0.000000516. The van der Waals surface area contributed by atoms with Crippen molar-refractivity contribution in [3.05, 3.63) is 29.1 Å². The van der Waals surface area contributed by atoms with Gasteiger partial charge >= 0.3 is 0 Å². The van der Waals surface area contributed by atoms with Crippen molar-refractivity contribution in [3.8, 4) is 0 Å². The maximum absolute atomic E-state index is 5.44. The molecule has 1 aliphatic rings. The van der Waals surface area contributed by atoms with Crippen molar-refractivity contribution in [1.82, 2.24) is 9.55 Å². The first-order valence-corrected chi connectivity index (χ1v) is 6.85. The lowest BCUT2D eigenvalue weighted by atomic mass is 10.2. The number of fused-ring (bicyclic) bond motifs is 1. The van der Waals surface area contributed by atoms with Crippen molar-refractivity contribution in [1.29, 1.82) is 0 Å². The highest BCUT2D eigenvalue weighted by molar-refractivity contribution is 14.0. The lowest BCUT2D eigenvalue weighted by Gasteiger charge is -2.27. The van der Waals surface area contributed by atoms with Crippen LogP contribution in [0.5, 0.6) is 0 Å². The number of rotatable bonds is 2. The molecule has 2 aromatic rings. The first kappa shape index (κ1) is 15.9. The second-order valence-corrected chi connectivity index (χ2v) is 4.54. The highest BCUT2D eigenvalue weighted by Gasteiger charge is 2.19. The van der Waals surface area contributed by atoms with E-state index in [1.807, 2.05) is 26.1 Å². The summed E-state index contributed by atoms with van der Waals surface area (Å²) < 4.78 is 8.57. The van der Waals surface area contributed by atoms with Crippen molar-refractivity contribution in [3.63, 3.8) is 0 Å². The van der Waals surface area contributed by atoms with Gasteiger partial charge in [0.1, 0.15) is 4.60 Å². The van der Waals surface area contributed by atoms with Crippen LogP contribution in [0.1, 0.15) is 20.3 Å². The second kappa shape index (κ2) is 7.45. The Labute approximate surface area is 133 Å². The number of nitrogens with zero attached hydrogens (tertiary/aromatic N) is 2. The van der Waals surface area contributed by atoms with E-state index in [1.54, 1.807) is 0 Å². The highest BCUT2D eigenvalue weighted by Crippen LogP contribution is 2.24. The van der Waals surface area contributed by atoms with E-state index >= 15 is 0 Å². The molecule has 0 aromatic carbocycles. The van der Waals surface area contributed by atoms with Crippen LogP contribution in [-0.2, 0) is 11.3 Å². The van der Waals surface area contributed by atoms with Crippen LogP contribution in [-0.4, -0.2) is 22.3 Å². The minimum Gasteiger partial charge on any atom is -0.376 e. The van der Waals surface area contributed by atoms with E-state index in [2.05, 4.69) is 37.7 Å². The molecule has 0 spiro atoms. The Morgan fingerprint density at radius 3 is 2.78 bits per heavy atom. The molecule has 0 aliphatic carbocycles.